The van der Waals surface area contributed by atoms with Crippen molar-refractivity contribution in [3.05, 3.63) is 12.2 Å². The van der Waals surface area contributed by atoms with Crippen LogP contribution in [-0.4, -0.2) is 11.1 Å². The van der Waals surface area contributed by atoms with Crippen LogP contribution in [0.15, 0.2) is 12.2 Å². The molecule has 0 aromatic carbocycles. The average Bonchev–Trinajstić information content (AvgIpc) is 1.99. The molecule has 0 aliphatic heterocycles. The smallest absolute Gasteiger partial charge is 0.309 e. The highest BCUT2D eigenvalue weighted by molar-refractivity contribution is 5.73. The molecule has 2 nitrogen and oxygen atoms in total. The van der Waals surface area contributed by atoms with E-state index in [2.05, 4.69) is 39.8 Å². The minimum atomic E-state index is -0.719. The number of carbonyl (C=O) groups is 1. The maximum atomic E-state index is 11.0. The number of hydrogen-bond acceptors (Lipinski definition) is 1. The topological polar surface area (TPSA) is 37.3 Å². The number of hydrogen-bond donors (Lipinski definition) is 1. The van der Waals surface area contributed by atoms with E-state index >= 15 is 0 Å². The van der Waals surface area contributed by atoms with Crippen LogP contribution in [-0.2, 0) is 4.79 Å². The number of allylic oxidation sites excluding steroid dienone is 2. The Hall–Kier alpha value is -0.790. The molecule has 0 saturated heterocycles. The van der Waals surface area contributed by atoms with Crippen molar-refractivity contribution in [3.8, 4) is 0 Å². The maximum Gasteiger partial charge on any atom is 0.309 e. The van der Waals surface area contributed by atoms with Gasteiger partial charge in [-0.2, -0.15) is 0 Å². The van der Waals surface area contributed by atoms with Gasteiger partial charge in [0, 0.05) is 0 Å². The molecule has 0 radical (unpaired) electrons. The van der Waals surface area contributed by atoms with Gasteiger partial charge in [-0.3, -0.25) is 4.79 Å². The van der Waals surface area contributed by atoms with E-state index in [0.717, 1.165) is 6.42 Å². The molecule has 1 N–H and O–H groups in total. The third kappa shape index (κ3) is 6.65. The molecule has 0 bridgehead atoms. The third-order valence-corrected chi connectivity index (χ3v) is 2.61. The molecule has 0 aromatic rings. The Morgan fingerprint density at radius 1 is 1.25 bits per heavy atom. The third-order valence-electron chi connectivity index (χ3n) is 2.61. The van der Waals surface area contributed by atoms with Crippen LogP contribution >= 0.6 is 0 Å². The standard InChI is InChI=1S/C14H26O2/c1-11(8-7-9-13(2,3)4)10-14(5,6)12(15)16/h7-8,11H,9-10H2,1-6H3,(H,15,16)/b8-7-. The Bertz CT molecular complexity index is 256. The van der Waals surface area contributed by atoms with Gasteiger partial charge in [-0.05, 0) is 38.0 Å². The number of aliphatic carboxylic acids is 1. The molecule has 1 atom stereocenters. The lowest BCUT2D eigenvalue weighted by Gasteiger charge is -2.22. The maximum absolute atomic E-state index is 11.0. The molecular weight excluding hydrogens is 200 g/mol. The lowest BCUT2D eigenvalue weighted by atomic mass is 9.83. The van der Waals surface area contributed by atoms with Gasteiger partial charge in [-0.1, -0.05) is 39.8 Å². The summed E-state index contributed by atoms with van der Waals surface area (Å²) in [6.45, 7) is 12.2. The van der Waals surface area contributed by atoms with E-state index in [9.17, 15) is 4.79 Å². The molecule has 94 valence electrons. The highest BCUT2D eigenvalue weighted by atomic mass is 16.4. The molecular formula is C14H26O2. The summed E-state index contributed by atoms with van der Waals surface area (Å²) in [5, 5.41) is 9.02. The quantitative estimate of drug-likeness (QED) is 0.716. The summed E-state index contributed by atoms with van der Waals surface area (Å²) in [5.74, 6) is -0.406. The Morgan fingerprint density at radius 2 is 1.75 bits per heavy atom. The first-order valence-corrected chi connectivity index (χ1v) is 5.95. The first kappa shape index (κ1) is 15.2. The molecule has 0 fully saturated rings. The second-order valence-corrected chi connectivity index (χ2v) is 6.56. The summed E-state index contributed by atoms with van der Waals surface area (Å²) < 4.78 is 0. The van der Waals surface area contributed by atoms with Crippen molar-refractivity contribution in [2.45, 2.75) is 54.4 Å². The highest BCUT2D eigenvalue weighted by Crippen LogP contribution is 2.27. The Morgan fingerprint density at radius 3 is 2.12 bits per heavy atom. The van der Waals surface area contributed by atoms with Crippen molar-refractivity contribution in [1.82, 2.24) is 0 Å². The number of carboxylic acids is 1. The normalized spacial score (nSPS) is 15.4. The van der Waals surface area contributed by atoms with Gasteiger partial charge >= 0.3 is 5.97 Å². The van der Waals surface area contributed by atoms with Crippen LogP contribution in [0.5, 0.6) is 0 Å². The molecule has 0 saturated carbocycles. The SMILES string of the molecule is CC(/C=C\CC(C)(C)C)CC(C)(C)C(=O)O. The van der Waals surface area contributed by atoms with Crippen LogP contribution < -0.4 is 0 Å². The predicted molar refractivity (Wildman–Crippen MR) is 68.4 cm³/mol. The summed E-state index contributed by atoms with van der Waals surface area (Å²) in [7, 11) is 0. The molecule has 1 unspecified atom stereocenters. The van der Waals surface area contributed by atoms with E-state index in [-0.39, 0.29) is 0 Å². The van der Waals surface area contributed by atoms with Crippen molar-refractivity contribution < 1.29 is 9.90 Å². The first-order valence-electron chi connectivity index (χ1n) is 5.95. The predicted octanol–water partition coefficient (Wildman–Crippen LogP) is 4.12. The van der Waals surface area contributed by atoms with Crippen LogP contribution in [0.4, 0.5) is 0 Å². The highest BCUT2D eigenvalue weighted by Gasteiger charge is 2.28. The lowest BCUT2D eigenvalue weighted by molar-refractivity contribution is -0.147. The fourth-order valence-electron chi connectivity index (χ4n) is 1.61. The number of carboxylic acid groups (broad SMARTS) is 1. The average molecular weight is 226 g/mol. The molecule has 0 rings (SSSR count). The molecule has 0 aliphatic rings. The zero-order valence-corrected chi connectivity index (χ0v) is 11.5. The summed E-state index contributed by atoms with van der Waals surface area (Å²) in [4.78, 5) is 11.0. The van der Waals surface area contributed by atoms with Crippen LogP contribution in [0.3, 0.4) is 0 Å². The molecule has 0 spiro atoms. The van der Waals surface area contributed by atoms with Crippen LogP contribution in [0.2, 0.25) is 0 Å². The van der Waals surface area contributed by atoms with Gasteiger partial charge in [-0.15, -0.1) is 0 Å². The summed E-state index contributed by atoms with van der Waals surface area (Å²) in [6.07, 6.45) is 6.02. The Kier molecular flexibility index (Phi) is 5.24. The van der Waals surface area contributed by atoms with Crippen LogP contribution in [0, 0.1) is 16.7 Å². The zero-order valence-electron chi connectivity index (χ0n) is 11.5. The lowest BCUT2D eigenvalue weighted by Crippen LogP contribution is -2.25. The monoisotopic (exact) mass is 226 g/mol. The molecule has 0 aliphatic carbocycles. The van der Waals surface area contributed by atoms with Crippen molar-refractivity contribution in [1.29, 1.82) is 0 Å². The van der Waals surface area contributed by atoms with Crippen molar-refractivity contribution in [2.24, 2.45) is 16.7 Å². The molecule has 0 amide bonds. The minimum absolute atomic E-state index is 0.304. The van der Waals surface area contributed by atoms with Gasteiger partial charge < -0.3 is 5.11 Å². The van der Waals surface area contributed by atoms with Crippen LogP contribution in [0.25, 0.3) is 0 Å². The van der Waals surface area contributed by atoms with Gasteiger partial charge in [0.2, 0.25) is 0 Å². The van der Waals surface area contributed by atoms with E-state index in [4.69, 9.17) is 5.11 Å². The van der Waals surface area contributed by atoms with E-state index in [1.165, 1.54) is 0 Å². The van der Waals surface area contributed by atoms with Gasteiger partial charge in [0.25, 0.3) is 0 Å². The Balaban J connectivity index is 4.19. The molecule has 0 heterocycles. The summed E-state index contributed by atoms with van der Waals surface area (Å²) in [5.41, 5.74) is -0.329. The first-order chi connectivity index (χ1) is 7.04. The largest absolute Gasteiger partial charge is 0.481 e. The fourth-order valence-corrected chi connectivity index (χ4v) is 1.61. The summed E-state index contributed by atoms with van der Waals surface area (Å²) >= 11 is 0. The summed E-state index contributed by atoms with van der Waals surface area (Å²) in [6, 6.07) is 0. The van der Waals surface area contributed by atoms with E-state index in [0.29, 0.717) is 17.8 Å². The fraction of sp³-hybridized carbons (Fsp3) is 0.786. The second kappa shape index (κ2) is 5.51. The van der Waals surface area contributed by atoms with Crippen molar-refractivity contribution >= 4 is 5.97 Å². The van der Waals surface area contributed by atoms with E-state index in [1.54, 1.807) is 13.8 Å². The van der Waals surface area contributed by atoms with E-state index < -0.39 is 11.4 Å². The van der Waals surface area contributed by atoms with E-state index in [1.807, 2.05) is 0 Å². The van der Waals surface area contributed by atoms with Gasteiger partial charge in [0.05, 0.1) is 5.41 Å². The van der Waals surface area contributed by atoms with Gasteiger partial charge in [0.15, 0.2) is 0 Å². The number of rotatable bonds is 5. The van der Waals surface area contributed by atoms with Gasteiger partial charge in [-0.25, -0.2) is 0 Å². The van der Waals surface area contributed by atoms with Crippen molar-refractivity contribution in [2.75, 3.05) is 0 Å². The minimum Gasteiger partial charge on any atom is -0.481 e. The molecule has 0 aromatic heterocycles. The van der Waals surface area contributed by atoms with Gasteiger partial charge in [0.1, 0.15) is 0 Å². The van der Waals surface area contributed by atoms with Crippen molar-refractivity contribution in [3.63, 3.8) is 0 Å². The molecule has 16 heavy (non-hydrogen) atoms. The zero-order chi connectivity index (χ0) is 13.0. The van der Waals surface area contributed by atoms with Crippen LogP contribution in [0.1, 0.15) is 54.4 Å². The Labute approximate surface area is 99.7 Å². The molecule has 2 heteroatoms. The second-order valence-electron chi connectivity index (χ2n) is 6.56.